The van der Waals surface area contributed by atoms with Crippen LogP contribution in [0, 0.1) is 3.57 Å². The van der Waals surface area contributed by atoms with Crippen LogP contribution in [0.15, 0.2) is 22.7 Å². The molecule has 0 aliphatic heterocycles. The first-order valence-electron chi connectivity index (χ1n) is 6.02. The van der Waals surface area contributed by atoms with E-state index in [0.29, 0.717) is 5.56 Å². The highest BCUT2D eigenvalue weighted by molar-refractivity contribution is 14.1. The first-order chi connectivity index (χ1) is 8.58. The molecule has 0 spiro atoms. The van der Waals surface area contributed by atoms with Crippen LogP contribution >= 0.6 is 38.5 Å². The van der Waals surface area contributed by atoms with E-state index in [0.717, 1.165) is 33.7 Å². The van der Waals surface area contributed by atoms with Crippen LogP contribution in [0.5, 0.6) is 0 Å². The molecule has 1 fully saturated rings. The van der Waals surface area contributed by atoms with Crippen molar-refractivity contribution < 1.29 is 9.90 Å². The van der Waals surface area contributed by atoms with Crippen LogP contribution in [0.1, 0.15) is 36.0 Å². The van der Waals surface area contributed by atoms with Crippen molar-refractivity contribution in [2.45, 2.75) is 37.8 Å². The second-order valence-corrected chi connectivity index (χ2v) is 6.63. The summed E-state index contributed by atoms with van der Waals surface area (Å²) in [6.07, 6.45) is 3.34. The highest BCUT2D eigenvalue weighted by Gasteiger charge is 2.25. The summed E-state index contributed by atoms with van der Waals surface area (Å²) >= 11 is 5.52. The molecule has 0 unspecified atom stereocenters. The molecule has 98 valence electrons. The maximum atomic E-state index is 12.2. The second-order valence-electron chi connectivity index (χ2n) is 4.56. The fraction of sp³-hybridized carbons (Fsp3) is 0.462. The number of benzene rings is 1. The van der Waals surface area contributed by atoms with Crippen LogP contribution in [0.2, 0.25) is 0 Å². The highest BCUT2D eigenvalue weighted by Crippen LogP contribution is 2.21. The van der Waals surface area contributed by atoms with E-state index < -0.39 is 6.10 Å². The van der Waals surface area contributed by atoms with Gasteiger partial charge in [-0.2, -0.15) is 0 Å². The number of hydrogen-bond donors (Lipinski definition) is 2. The lowest BCUT2D eigenvalue weighted by molar-refractivity contribution is 0.0716. The van der Waals surface area contributed by atoms with E-state index >= 15 is 0 Å². The quantitative estimate of drug-likeness (QED) is 0.718. The van der Waals surface area contributed by atoms with Gasteiger partial charge in [0.15, 0.2) is 0 Å². The lowest BCUT2D eigenvalue weighted by atomic mass is 9.92. The summed E-state index contributed by atoms with van der Waals surface area (Å²) < 4.78 is 1.80. The van der Waals surface area contributed by atoms with Gasteiger partial charge in [0.25, 0.3) is 5.91 Å². The third-order valence-electron chi connectivity index (χ3n) is 3.22. The van der Waals surface area contributed by atoms with Crippen molar-refractivity contribution in [3.05, 3.63) is 31.8 Å². The van der Waals surface area contributed by atoms with Crippen molar-refractivity contribution in [1.29, 1.82) is 0 Å². The largest absolute Gasteiger partial charge is 0.391 e. The number of aliphatic hydroxyl groups excluding tert-OH is 1. The van der Waals surface area contributed by atoms with E-state index in [1.807, 2.05) is 18.2 Å². The smallest absolute Gasteiger partial charge is 0.252 e. The van der Waals surface area contributed by atoms with Gasteiger partial charge < -0.3 is 10.4 Å². The molecule has 3 nitrogen and oxygen atoms in total. The van der Waals surface area contributed by atoms with E-state index in [4.69, 9.17) is 0 Å². The average Bonchev–Trinajstić information content (AvgIpc) is 2.35. The Balaban J connectivity index is 2.09. The number of halogens is 2. The number of rotatable bonds is 2. The van der Waals surface area contributed by atoms with Gasteiger partial charge in [0.05, 0.1) is 17.7 Å². The lowest BCUT2D eigenvalue weighted by Gasteiger charge is -2.28. The summed E-state index contributed by atoms with van der Waals surface area (Å²) in [6.45, 7) is 0. The Hall–Kier alpha value is -0.140. The van der Waals surface area contributed by atoms with Gasteiger partial charge in [0, 0.05) is 8.04 Å². The number of nitrogens with one attached hydrogen (secondary N) is 1. The molecule has 1 aliphatic rings. The van der Waals surface area contributed by atoms with E-state index in [9.17, 15) is 9.90 Å². The summed E-state index contributed by atoms with van der Waals surface area (Å²) in [6, 6.07) is 5.51. The minimum absolute atomic E-state index is 0.105. The summed E-state index contributed by atoms with van der Waals surface area (Å²) in [5, 5.41) is 12.8. The summed E-state index contributed by atoms with van der Waals surface area (Å²) in [5.41, 5.74) is 0.655. The van der Waals surface area contributed by atoms with E-state index in [-0.39, 0.29) is 11.9 Å². The molecule has 1 amide bonds. The number of aliphatic hydroxyl groups is 1. The molecule has 0 heterocycles. The molecule has 1 aliphatic carbocycles. The van der Waals surface area contributed by atoms with Crippen LogP contribution in [0.25, 0.3) is 0 Å². The Morgan fingerprint density at radius 1 is 1.39 bits per heavy atom. The standard InChI is InChI=1S/C13H15BrINO2/c14-8-5-6-10(15)9(7-8)13(18)16-11-3-1-2-4-12(11)17/h5-7,11-12,17H,1-4H2,(H,16,18)/t11-,12-/m0/s1. The minimum atomic E-state index is -0.410. The monoisotopic (exact) mass is 423 g/mol. The van der Waals surface area contributed by atoms with Crippen LogP contribution in [-0.4, -0.2) is 23.2 Å². The molecule has 5 heteroatoms. The Morgan fingerprint density at radius 3 is 2.83 bits per heavy atom. The van der Waals surface area contributed by atoms with Gasteiger partial charge in [-0.05, 0) is 53.6 Å². The van der Waals surface area contributed by atoms with E-state index in [1.54, 1.807) is 0 Å². The second kappa shape index (κ2) is 6.34. The number of hydrogen-bond acceptors (Lipinski definition) is 2. The fourth-order valence-electron chi connectivity index (χ4n) is 2.20. The average molecular weight is 424 g/mol. The molecule has 0 aromatic heterocycles. The molecule has 1 aromatic carbocycles. The molecule has 1 saturated carbocycles. The van der Waals surface area contributed by atoms with E-state index in [1.165, 1.54) is 0 Å². The minimum Gasteiger partial charge on any atom is -0.391 e. The fourth-order valence-corrected chi connectivity index (χ4v) is 3.14. The van der Waals surface area contributed by atoms with Gasteiger partial charge in [0.1, 0.15) is 0 Å². The maximum Gasteiger partial charge on any atom is 0.252 e. The lowest BCUT2D eigenvalue weighted by Crippen LogP contribution is -2.45. The Morgan fingerprint density at radius 2 is 2.11 bits per heavy atom. The predicted molar refractivity (Wildman–Crippen MR) is 82.6 cm³/mol. The molecule has 2 N–H and O–H groups in total. The van der Waals surface area contributed by atoms with Crippen molar-refractivity contribution >= 4 is 44.4 Å². The van der Waals surface area contributed by atoms with Crippen LogP contribution in [0.3, 0.4) is 0 Å². The van der Waals surface area contributed by atoms with Gasteiger partial charge in [-0.25, -0.2) is 0 Å². The van der Waals surface area contributed by atoms with Gasteiger partial charge in [-0.1, -0.05) is 28.8 Å². The molecule has 0 radical (unpaired) electrons. The van der Waals surface area contributed by atoms with Gasteiger partial charge in [-0.15, -0.1) is 0 Å². The molecule has 18 heavy (non-hydrogen) atoms. The number of carbonyl (C=O) groups excluding carboxylic acids is 1. The topological polar surface area (TPSA) is 49.3 Å². The van der Waals surface area contributed by atoms with Gasteiger partial charge in [-0.3, -0.25) is 4.79 Å². The summed E-state index contributed by atoms with van der Waals surface area (Å²) in [4.78, 5) is 12.2. The van der Waals surface area contributed by atoms with Crippen molar-refractivity contribution in [2.24, 2.45) is 0 Å². The van der Waals surface area contributed by atoms with Crippen molar-refractivity contribution in [3.8, 4) is 0 Å². The van der Waals surface area contributed by atoms with Gasteiger partial charge in [0.2, 0.25) is 0 Å². The maximum absolute atomic E-state index is 12.2. The predicted octanol–water partition coefficient (Wildman–Crippen LogP) is 3.09. The van der Waals surface area contributed by atoms with Crippen molar-refractivity contribution in [2.75, 3.05) is 0 Å². The molecular weight excluding hydrogens is 409 g/mol. The van der Waals surface area contributed by atoms with Gasteiger partial charge >= 0.3 is 0 Å². The number of amides is 1. The van der Waals surface area contributed by atoms with Crippen LogP contribution < -0.4 is 5.32 Å². The van der Waals surface area contributed by atoms with Crippen LogP contribution in [-0.2, 0) is 0 Å². The molecular formula is C13H15BrINO2. The Kier molecular flexibility index (Phi) is 5.03. The molecule has 0 saturated heterocycles. The third kappa shape index (κ3) is 3.45. The first kappa shape index (κ1) is 14.3. The molecule has 2 atom stereocenters. The molecule has 0 bridgehead atoms. The first-order valence-corrected chi connectivity index (χ1v) is 7.89. The molecule has 1 aromatic rings. The summed E-state index contributed by atoms with van der Waals surface area (Å²) in [5.74, 6) is -0.105. The zero-order chi connectivity index (χ0) is 13.1. The van der Waals surface area contributed by atoms with Crippen molar-refractivity contribution in [1.82, 2.24) is 5.32 Å². The van der Waals surface area contributed by atoms with Crippen molar-refractivity contribution in [3.63, 3.8) is 0 Å². The third-order valence-corrected chi connectivity index (χ3v) is 4.65. The highest BCUT2D eigenvalue weighted by atomic mass is 127. The number of carbonyl (C=O) groups is 1. The Bertz CT molecular complexity index is 453. The molecule has 2 rings (SSSR count). The van der Waals surface area contributed by atoms with E-state index in [2.05, 4.69) is 43.8 Å². The zero-order valence-electron chi connectivity index (χ0n) is 9.83. The normalized spacial score (nSPS) is 23.7. The van der Waals surface area contributed by atoms with Crippen LogP contribution in [0.4, 0.5) is 0 Å². The summed E-state index contributed by atoms with van der Waals surface area (Å²) in [7, 11) is 0. The zero-order valence-corrected chi connectivity index (χ0v) is 13.6. The Labute approximate surface area is 129 Å². The SMILES string of the molecule is O=C(N[C@H]1CCCC[C@@H]1O)c1cc(Br)ccc1I.